The van der Waals surface area contributed by atoms with Gasteiger partial charge in [-0.25, -0.2) is 24.4 Å². The number of alkyl halides is 9. The fourth-order valence-corrected chi connectivity index (χ4v) is 4.20. The molecule has 2 aromatic rings. The van der Waals surface area contributed by atoms with E-state index in [1.165, 1.54) is 43.5 Å². The van der Waals surface area contributed by atoms with Gasteiger partial charge in [0.1, 0.15) is 0 Å². The molecule has 0 atom stereocenters. The fraction of sp³-hybridized carbons (Fsp3) is 0.538. The van der Waals surface area contributed by atoms with Crippen LogP contribution in [0.2, 0.25) is 0 Å². The van der Waals surface area contributed by atoms with Crippen LogP contribution in [-0.2, 0) is 27.3 Å². The van der Waals surface area contributed by atoms with Gasteiger partial charge in [-0.3, -0.25) is 9.88 Å². The van der Waals surface area contributed by atoms with Crippen LogP contribution in [-0.4, -0.2) is 97.8 Å². The lowest BCUT2D eigenvalue weighted by atomic mass is 9.78. The van der Waals surface area contributed by atoms with Crippen molar-refractivity contribution in [2.24, 2.45) is 5.41 Å². The molecule has 3 N–H and O–H groups in total. The Labute approximate surface area is 255 Å². The number of pyridine rings is 1. The SMILES string of the molecule is CCc1cnc(N2CCC3(CCN(Cc4cccnc4)C3)CC2)nc1.O=C(O)C(F)(F)F.O=C(O)C(F)(F)F.O=C(O)C(F)(F)F. The largest absolute Gasteiger partial charge is 0.490 e. The molecular formula is C26H30F9N5O6. The summed E-state index contributed by atoms with van der Waals surface area (Å²) in [4.78, 5) is 45.0. The van der Waals surface area contributed by atoms with Crippen LogP contribution in [0.3, 0.4) is 0 Å². The molecule has 0 radical (unpaired) electrons. The van der Waals surface area contributed by atoms with Gasteiger partial charge < -0.3 is 20.2 Å². The van der Waals surface area contributed by atoms with E-state index in [9.17, 15) is 39.5 Å². The third-order valence-corrected chi connectivity index (χ3v) is 6.58. The van der Waals surface area contributed by atoms with Gasteiger partial charge in [-0.1, -0.05) is 13.0 Å². The van der Waals surface area contributed by atoms with E-state index in [-0.39, 0.29) is 0 Å². The molecule has 258 valence electrons. The number of aliphatic carboxylic acids is 3. The number of hydrogen-bond donors (Lipinski definition) is 3. The number of halogens is 9. The zero-order valence-electron chi connectivity index (χ0n) is 24.0. The van der Waals surface area contributed by atoms with E-state index in [0.717, 1.165) is 32.0 Å². The second-order valence-electron chi connectivity index (χ2n) is 9.96. The van der Waals surface area contributed by atoms with Crippen LogP contribution in [0, 0.1) is 5.41 Å². The van der Waals surface area contributed by atoms with Crippen molar-refractivity contribution in [1.29, 1.82) is 0 Å². The summed E-state index contributed by atoms with van der Waals surface area (Å²) in [6.07, 6.45) is -2.67. The van der Waals surface area contributed by atoms with E-state index in [4.69, 9.17) is 29.7 Å². The Hall–Kier alpha value is -4.23. The number of aryl methyl sites for hydroxylation is 1. The molecule has 20 heteroatoms. The molecule has 2 aliphatic rings. The molecule has 2 saturated heterocycles. The number of nitrogens with zero attached hydrogens (tertiary/aromatic N) is 5. The summed E-state index contributed by atoms with van der Waals surface area (Å²) >= 11 is 0. The van der Waals surface area contributed by atoms with Crippen LogP contribution >= 0.6 is 0 Å². The van der Waals surface area contributed by atoms with E-state index >= 15 is 0 Å². The Bertz CT molecular complexity index is 1200. The number of piperidine rings is 1. The van der Waals surface area contributed by atoms with Crippen molar-refractivity contribution in [2.45, 2.75) is 57.7 Å². The number of hydrogen-bond acceptors (Lipinski definition) is 8. The highest BCUT2D eigenvalue weighted by molar-refractivity contribution is 5.73. The van der Waals surface area contributed by atoms with Crippen molar-refractivity contribution < 1.29 is 69.2 Å². The van der Waals surface area contributed by atoms with Crippen LogP contribution in [0.4, 0.5) is 45.5 Å². The number of aromatic nitrogens is 3. The molecule has 0 saturated carbocycles. The maximum atomic E-state index is 10.6. The lowest BCUT2D eigenvalue weighted by Gasteiger charge is -2.39. The lowest BCUT2D eigenvalue weighted by Crippen LogP contribution is -2.42. The van der Waals surface area contributed by atoms with Gasteiger partial charge in [-0.2, -0.15) is 39.5 Å². The highest BCUT2D eigenvalue weighted by atomic mass is 19.4. The Balaban J connectivity index is 0.000000413. The number of carboxylic acid groups (broad SMARTS) is 3. The molecule has 2 aromatic heterocycles. The zero-order valence-corrected chi connectivity index (χ0v) is 24.0. The van der Waals surface area contributed by atoms with Crippen LogP contribution in [0.5, 0.6) is 0 Å². The first kappa shape index (κ1) is 39.8. The van der Waals surface area contributed by atoms with Gasteiger partial charge in [0.15, 0.2) is 0 Å². The first-order valence-electron chi connectivity index (χ1n) is 13.2. The summed E-state index contributed by atoms with van der Waals surface area (Å²) in [5.74, 6) is -7.37. The van der Waals surface area contributed by atoms with Crippen LogP contribution < -0.4 is 4.90 Å². The Morgan fingerprint density at radius 1 is 0.761 bits per heavy atom. The minimum atomic E-state index is -5.08. The summed E-state index contributed by atoms with van der Waals surface area (Å²) < 4.78 is 95.2. The van der Waals surface area contributed by atoms with Crippen molar-refractivity contribution in [3.05, 3.63) is 48.0 Å². The normalized spacial score (nSPS) is 16.2. The smallest absolute Gasteiger partial charge is 0.475 e. The quantitative estimate of drug-likeness (QED) is 0.381. The van der Waals surface area contributed by atoms with Gasteiger partial charge in [0, 0.05) is 51.0 Å². The van der Waals surface area contributed by atoms with Gasteiger partial charge in [-0.05, 0) is 54.8 Å². The molecule has 0 unspecified atom stereocenters. The maximum absolute atomic E-state index is 10.6. The van der Waals surface area contributed by atoms with Gasteiger partial charge in [0.25, 0.3) is 0 Å². The average Bonchev–Trinajstić information content (AvgIpc) is 3.35. The van der Waals surface area contributed by atoms with Crippen molar-refractivity contribution in [3.63, 3.8) is 0 Å². The summed E-state index contributed by atoms with van der Waals surface area (Å²) in [5, 5.41) is 21.4. The van der Waals surface area contributed by atoms with E-state index in [1.807, 2.05) is 30.9 Å². The molecule has 4 heterocycles. The molecular weight excluding hydrogens is 649 g/mol. The maximum Gasteiger partial charge on any atom is 0.490 e. The predicted octanol–water partition coefficient (Wildman–Crippen LogP) is 4.83. The molecule has 0 aromatic carbocycles. The highest BCUT2D eigenvalue weighted by Gasteiger charge is 2.41. The van der Waals surface area contributed by atoms with Gasteiger partial charge in [-0.15, -0.1) is 0 Å². The molecule has 2 fully saturated rings. The van der Waals surface area contributed by atoms with Gasteiger partial charge in [0.05, 0.1) is 0 Å². The summed E-state index contributed by atoms with van der Waals surface area (Å²) in [6, 6.07) is 4.21. The standard InChI is InChI=1S/C20H27N5.3C2HF3O2/c1-2-17-13-22-19(23-14-17)25-10-6-20(7-11-25)5-9-24(16-20)15-18-4-3-8-21-12-18;3*3-2(4,5)1(6)7/h3-4,8,12-14H,2,5-7,9-11,15-16H2,1H3;3*(H,6,7). The van der Waals surface area contributed by atoms with Gasteiger partial charge >= 0.3 is 36.4 Å². The number of rotatable bonds is 4. The van der Waals surface area contributed by atoms with Crippen LogP contribution in [0.25, 0.3) is 0 Å². The highest BCUT2D eigenvalue weighted by Crippen LogP contribution is 2.41. The van der Waals surface area contributed by atoms with Crippen molar-refractivity contribution in [1.82, 2.24) is 19.9 Å². The molecule has 0 amide bonds. The van der Waals surface area contributed by atoms with E-state index in [2.05, 4.69) is 37.7 Å². The van der Waals surface area contributed by atoms with Crippen LogP contribution in [0.15, 0.2) is 36.9 Å². The van der Waals surface area contributed by atoms with Crippen molar-refractivity contribution >= 4 is 23.9 Å². The molecule has 1 spiro atoms. The van der Waals surface area contributed by atoms with E-state index in [0.29, 0.717) is 5.41 Å². The molecule has 0 bridgehead atoms. The Morgan fingerprint density at radius 2 is 1.20 bits per heavy atom. The number of likely N-dealkylation sites (tertiary alicyclic amines) is 1. The summed E-state index contributed by atoms with van der Waals surface area (Å²) in [5.41, 5.74) is 3.02. The third-order valence-electron chi connectivity index (χ3n) is 6.58. The fourth-order valence-electron chi connectivity index (χ4n) is 4.20. The predicted molar refractivity (Wildman–Crippen MR) is 140 cm³/mol. The Morgan fingerprint density at radius 3 is 1.57 bits per heavy atom. The second kappa shape index (κ2) is 16.9. The monoisotopic (exact) mass is 679 g/mol. The van der Waals surface area contributed by atoms with Crippen LogP contribution in [0.1, 0.15) is 37.3 Å². The van der Waals surface area contributed by atoms with E-state index in [1.54, 1.807) is 0 Å². The molecule has 11 nitrogen and oxygen atoms in total. The number of carboxylic acids is 3. The lowest BCUT2D eigenvalue weighted by molar-refractivity contribution is -0.193. The first-order valence-corrected chi connectivity index (χ1v) is 13.2. The average molecular weight is 680 g/mol. The molecule has 0 aliphatic carbocycles. The van der Waals surface area contributed by atoms with Gasteiger partial charge in [0.2, 0.25) is 5.95 Å². The Kier molecular flexibility index (Phi) is 14.6. The number of anilines is 1. The molecule has 46 heavy (non-hydrogen) atoms. The van der Waals surface area contributed by atoms with Crippen molar-refractivity contribution in [2.75, 3.05) is 31.1 Å². The van der Waals surface area contributed by atoms with Crippen molar-refractivity contribution in [3.8, 4) is 0 Å². The first-order chi connectivity index (χ1) is 21.1. The minimum Gasteiger partial charge on any atom is -0.475 e. The zero-order chi connectivity index (χ0) is 35.3. The topological polar surface area (TPSA) is 157 Å². The minimum absolute atomic E-state index is 0.488. The molecule has 4 rings (SSSR count). The molecule has 2 aliphatic heterocycles. The van der Waals surface area contributed by atoms with E-state index < -0.39 is 36.4 Å². The second-order valence-corrected chi connectivity index (χ2v) is 9.96. The third kappa shape index (κ3) is 14.2. The summed E-state index contributed by atoms with van der Waals surface area (Å²) in [7, 11) is 0. The number of carbonyl (C=O) groups is 3. The summed E-state index contributed by atoms with van der Waals surface area (Å²) in [6.45, 7) is 7.74.